The van der Waals surface area contributed by atoms with Gasteiger partial charge in [-0.1, -0.05) is 12.1 Å². The lowest BCUT2D eigenvalue weighted by Crippen LogP contribution is -2.42. The van der Waals surface area contributed by atoms with E-state index in [1.807, 2.05) is 29.2 Å². The highest BCUT2D eigenvalue weighted by Gasteiger charge is 2.40. The maximum atomic E-state index is 12.5. The third-order valence-electron chi connectivity index (χ3n) is 4.89. The number of ether oxygens (including phenoxy) is 2. The molecule has 5 nitrogen and oxygen atoms in total. The molecule has 2 atom stereocenters. The highest BCUT2D eigenvalue weighted by molar-refractivity contribution is 5.91. The summed E-state index contributed by atoms with van der Waals surface area (Å²) >= 11 is 0. The summed E-state index contributed by atoms with van der Waals surface area (Å²) in [5.74, 6) is 1.84. The molecule has 1 fully saturated rings. The van der Waals surface area contributed by atoms with Crippen molar-refractivity contribution in [1.82, 2.24) is 4.90 Å². The van der Waals surface area contributed by atoms with Gasteiger partial charge < -0.3 is 14.4 Å². The third kappa shape index (κ3) is 3.30. The lowest BCUT2D eigenvalue weighted by molar-refractivity contribution is -0.130. The second kappa shape index (κ2) is 7.07. The highest BCUT2D eigenvalue weighted by Crippen LogP contribution is 2.35. The number of benzene rings is 1. The van der Waals surface area contributed by atoms with Gasteiger partial charge in [-0.05, 0) is 36.5 Å². The van der Waals surface area contributed by atoms with Crippen LogP contribution in [-0.4, -0.2) is 36.9 Å². The number of rotatable bonds is 5. The molecule has 1 aromatic carbocycles. The molecule has 0 spiro atoms. The predicted octanol–water partition coefficient (Wildman–Crippen LogP) is 2.70. The molecule has 0 N–H and O–H groups in total. The zero-order chi connectivity index (χ0) is 17.1. The van der Waals surface area contributed by atoms with Gasteiger partial charge in [-0.25, -0.2) is 0 Å². The summed E-state index contributed by atoms with van der Waals surface area (Å²) < 4.78 is 10.6. The first-order chi connectivity index (χ1) is 11.6. The van der Waals surface area contributed by atoms with Crippen LogP contribution in [0.25, 0.3) is 0 Å². The molecule has 3 rings (SSSR count). The van der Waals surface area contributed by atoms with E-state index >= 15 is 0 Å². The minimum absolute atomic E-state index is 0.0503. The fraction of sp³-hybridized carbons (Fsp3) is 0.474. The van der Waals surface area contributed by atoms with Crippen LogP contribution in [0.4, 0.5) is 0 Å². The Hall–Kier alpha value is -2.30. The van der Waals surface area contributed by atoms with Crippen molar-refractivity contribution in [3.63, 3.8) is 0 Å². The van der Waals surface area contributed by atoms with Crippen LogP contribution in [0.15, 0.2) is 36.1 Å². The number of carbonyl (C=O) groups excluding carboxylic acids is 2. The number of carbonyl (C=O) groups is 2. The van der Waals surface area contributed by atoms with E-state index in [0.29, 0.717) is 25.1 Å². The molecule has 0 saturated heterocycles. The molecule has 0 radical (unpaired) electrons. The van der Waals surface area contributed by atoms with E-state index < -0.39 is 0 Å². The van der Waals surface area contributed by atoms with Crippen molar-refractivity contribution in [3.8, 4) is 5.75 Å². The molecule has 0 aromatic heterocycles. The number of ketones is 1. The van der Waals surface area contributed by atoms with Crippen LogP contribution in [0, 0.1) is 5.92 Å². The Morgan fingerprint density at radius 2 is 1.88 bits per heavy atom. The average molecular weight is 329 g/mol. The molecular weight excluding hydrogens is 306 g/mol. The Morgan fingerprint density at radius 3 is 2.50 bits per heavy atom. The van der Waals surface area contributed by atoms with Crippen molar-refractivity contribution in [2.45, 2.75) is 38.3 Å². The number of nitrogens with zero attached hydrogens (tertiary/aromatic N) is 1. The van der Waals surface area contributed by atoms with Crippen molar-refractivity contribution < 1.29 is 19.1 Å². The minimum Gasteiger partial charge on any atom is -0.499 e. The summed E-state index contributed by atoms with van der Waals surface area (Å²) in [6, 6.07) is 7.55. The van der Waals surface area contributed by atoms with Crippen LogP contribution in [0.2, 0.25) is 0 Å². The molecule has 1 aliphatic heterocycles. The van der Waals surface area contributed by atoms with Gasteiger partial charge in [0.2, 0.25) is 0 Å². The monoisotopic (exact) mass is 329 g/mol. The van der Waals surface area contributed by atoms with Crippen LogP contribution in [0.5, 0.6) is 5.75 Å². The first-order valence-corrected chi connectivity index (χ1v) is 8.33. The average Bonchev–Trinajstić information content (AvgIpc) is 2.91. The fourth-order valence-corrected chi connectivity index (χ4v) is 3.68. The maximum absolute atomic E-state index is 12.5. The Kier molecular flexibility index (Phi) is 4.88. The van der Waals surface area contributed by atoms with E-state index in [1.165, 1.54) is 0 Å². The Bertz CT molecular complexity index is 650. The quantitative estimate of drug-likeness (QED) is 0.833. The normalized spacial score (nSPS) is 24.1. The summed E-state index contributed by atoms with van der Waals surface area (Å²) in [7, 11) is 3.22. The van der Waals surface area contributed by atoms with Gasteiger partial charge in [0.15, 0.2) is 0 Å². The van der Waals surface area contributed by atoms with E-state index in [1.54, 1.807) is 20.3 Å². The van der Waals surface area contributed by atoms with Gasteiger partial charge in [-0.3, -0.25) is 9.59 Å². The number of methoxy groups -OCH3 is 2. The second-order valence-electron chi connectivity index (χ2n) is 6.40. The molecule has 1 saturated carbocycles. The lowest BCUT2D eigenvalue weighted by Gasteiger charge is -2.34. The number of hydrogen-bond acceptors (Lipinski definition) is 4. The molecular formula is C19H23NO4. The Labute approximate surface area is 142 Å². The summed E-state index contributed by atoms with van der Waals surface area (Å²) in [6.07, 6.45) is 4.58. The molecule has 5 heteroatoms. The zero-order valence-electron chi connectivity index (χ0n) is 14.2. The molecule has 24 heavy (non-hydrogen) atoms. The van der Waals surface area contributed by atoms with Crippen molar-refractivity contribution >= 4 is 11.7 Å². The molecule has 128 valence electrons. The van der Waals surface area contributed by atoms with Crippen LogP contribution in [0.1, 0.15) is 31.2 Å². The summed E-state index contributed by atoms with van der Waals surface area (Å²) in [6.45, 7) is 0.502. The van der Waals surface area contributed by atoms with Crippen molar-refractivity contribution in [3.05, 3.63) is 41.7 Å². The van der Waals surface area contributed by atoms with Crippen LogP contribution in [0.3, 0.4) is 0 Å². The van der Waals surface area contributed by atoms with E-state index in [4.69, 9.17) is 9.47 Å². The van der Waals surface area contributed by atoms with Gasteiger partial charge in [-0.2, -0.15) is 0 Å². The highest BCUT2D eigenvalue weighted by atomic mass is 16.5. The first-order valence-electron chi connectivity index (χ1n) is 8.33. The standard InChI is InChI=1S/C19H23NO4/c1-23-16-8-6-13(7-9-16)12-20-18(22)11-17(24-2)19(20)14-4-3-5-15(21)10-14/h6-9,11,14,19H,3-5,10,12H2,1-2H3/t14-,19-/m1/s1. The molecule has 0 bridgehead atoms. The number of amides is 1. The number of Topliss-reactive ketones (excluding diaryl/α,β-unsaturated/α-hetero) is 1. The first kappa shape index (κ1) is 16.6. The molecule has 1 amide bonds. The smallest absolute Gasteiger partial charge is 0.250 e. The zero-order valence-corrected chi connectivity index (χ0v) is 14.2. The third-order valence-corrected chi connectivity index (χ3v) is 4.89. The molecule has 0 unspecified atom stereocenters. The van der Waals surface area contributed by atoms with Crippen LogP contribution >= 0.6 is 0 Å². The second-order valence-corrected chi connectivity index (χ2v) is 6.40. The van der Waals surface area contributed by atoms with Gasteiger partial charge in [0.1, 0.15) is 17.3 Å². The minimum atomic E-state index is -0.145. The fourth-order valence-electron chi connectivity index (χ4n) is 3.68. The Balaban J connectivity index is 1.80. The van der Waals surface area contributed by atoms with Gasteiger partial charge in [0.05, 0.1) is 20.3 Å². The predicted molar refractivity (Wildman–Crippen MR) is 89.4 cm³/mol. The molecule has 1 heterocycles. The van der Waals surface area contributed by atoms with E-state index in [-0.39, 0.29) is 23.7 Å². The van der Waals surface area contributed by atoms with Crippen molar-refractivity contribution in [2.75, 3.05) is 14.2 Å². The topological polar surface area (TPSA) is 55.8 Å². The van der Waals surface area contributed by atoms with Gasteiger partial charge >= 0.3 is 0 Å². The lowest BCUT2D eigenvalue weighted by atomic mass is 9.82. The van der Waals surface area contributed by atoms with Gasteiger partial charge in [0.25, 0.3) is 5.91 Å². The van der Waals surface area contributed by atoms with E-state index in [0.717, 1.165) is 24.2 Å². The van der Waals surface area contributed by atoms with Gasteiger partial charge in [0, 0.05) is 25.5 Å². The SMILES string of the molecule is COC1=CC(=O)N(Cc2ccc(OC)cc2)[C@@H]1[C@@H]1CCCC(=O)C1. The van der Waals surface area contributed by atoms with Gasteiger partial charge in [-0.15, -0.1) is 0 Å². The molecule has 2 aliphatic rings. The van der Waals surface area contributed by atoms with Crippen molar-refractivity contribution in [2.24, 2.45) is 5.92 Å². The largest absolute Gasteiger partial charge is 0.499 e. The van der Waals surface area contributed by atoms with Crippen LogP contribution in [-0.2, 0) is 20.9 Å². The van der Waals surface area contributed by atoms with Crippen molar-refractivity contribution in [1.29, 1.82) is 0 Å². The summed E-state index contributed by atoms with van der Waals surface area (Å²) in [4.78, 5) is 26.2. The maximum Gasteiger partial charge on any atom is 0.250 e. The van der Waals surface area contributed by atoms with E-state index in [9.17, 15) is 9.59 Å². The molecule has 1 aromatic rings. The number of hydrogen-bond donors (Lipinski definition) is 0. The van der Waals surface area contributed by atoms with E-state index in [2.05, 4.69) is 0 Å². The molecule has 1 aliphatic carbocycles. The van der Waals surface area contributed by atoms with Crippen LogP contribution < -0.4 is 4.74 Å². The summed E-state index contributed by atoms with van der Waals surface area (Å²) in [5, 5.41) is 0. The Morgan fingerprint density at radius 1 is 1.12 bits per heavy atom. The summed E-state index contributed by atoms with van der Waals surface area (Å²) in [5.41, 5.74) is 1.03.